The molecule has 0 aliphatic heterocycles. The molecule has 0 fully saturated rings. The first-order valence-corrected chi connectivity index (χ1v) is 8.75. The maximum atomic E-state index is 12.5. The average Bonchev–Trinajstić information content (AvgIpc) is 2.69. The highest BCUT2D eigenvalue weighted by Gasteiger charge is 2.12. The van der Waals surface area contributed by atoms with Gasteiger partial charge in [0.15, 0.2) is 0 Å². The summed E-state index contributed by atoms with van der Waals surface area (Å²) >= 11 is 5.99. The molecule has 3 rings (SSSR count). The summed E-state index contributed by atoms with van der Waals surface area (Å²) in [5, 5.41) is 6.20. The van der Waals surface area contributed by atoms with Crippen molar-refractivity contribution in [2.45, 2.75) is 13.5 Å². The van der Waals surface area contributed by atoms with Crippen LogP contribution in [-0.2, 0) is 6.54 Å². The predicted molar refractivity (Wildman–Crippen MR) is 106 cm³/mol. The van der Waals surface area contributed by atoms with Crippen molar-refractivity contribution in [2.24, 2.45) is 0 Å². The molecule has 136 valence electrons. The highest BCUT2D eigenvalue weighted by molar-refractivity contribution is 6.31. The van der Waals surface area contributed by atoms with Crippen LogP contribution in [0.5, 0.6) is 0 Å². The van der Waals surface area contributed by atoms with Crippen LogP contribution >= 0.6 is 11.6 Å². The van der Waals surface area contributed by atoms with E-state index in [-0.39, 0.29) is 11.8 Å². The lowest BCUT2D eigenvalue weighted by Gasteiger charge is -2.10. The molecule has 2 N–H and O–H groups in total. The second-order valence-corrected chi connectivity index (χ2v) is 6.47. The van der Waals surface area contributed by atoms with Crippen molar-refractivity contribution in [3.63, 3.8) is 0 Å². The highest BCUT2D eigenvalue weighted by atomic mass is 35.5. The number of hydrogen-bond donors (Lipinski definition) is 2. The maximum Gasteiger partial charge on any atom is 0.255 e. The molecule has 0 aliphatic carbocycles. The lowest BCUT2D eigenvalue weighted by Crippen LogP contribution is -2.23. The number of nitrogens with zero attached hydrogens (tertiary/aromatic N) is 1. The summed E-state index contributed by atoms with van der Waals surface area (Å²) in [4.78, 5) is 28.9. The largest absolute Gasteiger partial charge is 0.348 e. The molecule has 0 bridgehead atoms. The van der Waals surface area contributed by atoms with Crippen LogP contribution in [0.3, 0.4) is 0 Å². The van der Waals surface area contributed by atoms with Crippen LogP contribution in [0.15, 0.2) is 67.0 Å². The Morgan fingerprint density at radius 3 is 2.41 bits per heavy atom. The average molecular weight is 380 g/mol. The summed E-state index contributed by atoms with van der Waals surface area (Å²) in [6.45, 7) is 2.27. The minimum atomic E-state index is -0.302. The van der Waals surface area contributed by atoms with Crippen molar-refractivity contribution in [1.29, 1.82) is 0 Å². The molecule has 0 aliphatic rings. The molecule has 6 heteroatoms. The van der Waals surface area contributed by atoms with Gasteiger partial charge in [-0.25, -0.2) is 0 Å². The molecule has 0 unspecified atom stereocenters. The van der Waals surface area contributed by atoms with Crippen molar-refractivity contribution in [1.82, 2.24) is 10.3 Å². The summed E-state index contributed by atoms with van der Waals surface area (Å²) in [6.07, 6.45) is 3.34. The molecule has 2 amide bonds. The number of carbonyl (C=O) groups excluding carboxylic acids is 2. The molecule has 0 spiro atoms. The molecule has 5 nitrogen and oxygen atoms in total. The quantitative estimate of drug-likeness (QED) is 0.697. The minimum Gasteiger partial charge on any atom is -0.348 e. The molecule has 1 heterocycles. The standard InChI is InChI=1S/C21H18ClN3O2/c1-14-5-6-18(22)12-19(14)25-21(27)17-4-2-3-16(11-17)20(26)24-13-15-7-9-23-10-8-15/h2-12H,13H2,1H3,(H,24,26)(H,25,27). The Labute approximate surface area is 162 Å². The predicted octanol–water partition coefficient (Wildman–Crippen LogP) is 4.23. The fourth-order valence-electron chi connectivity index (χ4n) is 2.51. The van der Waals surface area contributed by atoms with Crippen molar-refractivity contribution >= 4 is 29.1 Å². The molecule has 0 radical (unpaired) electrons. The fraction of sp³-hybridized carbons (Fsp3) is 0.0952. The number of rotatable bonds is 5. The number of carbonyl (C=O) groups is 2. The summed E-state index contributed by atoms with van der Waals surface area (Å²) in [7, 11) is 0. The van der Waals surface area contributed by atoms with Crippen LogP contribution in [-0.4, -0.2) is 16.8 Å². The van der Waals surface area contributed by atoms with E-state index in [0.29, 0.717) is 28.4 Å². The zero-order chi connectivity index (χ0) is 19.2. The van der Waals surface area contributed by atoms with Gasteiger partial charge >= 0.3 is 0 Å². The zero-order valence-electron chi connectivity index (χ0n) is 14.7. The van der Waals surface area contributed by atoms with Gasteiger partial charge in [0.2, 0.25) is 0 Å². The van der Waals surface area contributed by atoms with Crippen molar-refractivity contribution in [2.75, 3.05) is 5.32 Å². The monoisotopic (exact) mass is 379 g/mol. The number of anilines is 1. The fourth-order valence-corrected chi connectivity index (χ4v) is 2.68. The van der Waals surface area contributed by atoms with E-state index in [9.17, 15) is 9.59 Å². The first kappa shape index (κ1) is 18.6. The smallest absolute Gasteiger partial charge is 0.255 e. The van der Waals surface area contributed by atoms with Crippen molar-refractivity contribution in [3.8, 4) is 0 Å². The van der Waals surface area contributed by atoms with Crippen molar-refractivity contribution in [3.05, 3.63) is 94.3 Å². The van der Waals surface area contributed by atoms with E-state index in [4.69, 9.17) is 11.6 Å². The lowest BCUT2D eigenvalue weighted by molar-refractivity contribution is 0.0951. The van der Waals surface area contributed by atoms with Crippen LogP contribution < -0.4 is 10.6 Å². The molecule has 27 heavy (non-hydrogen) atoms. The van der Waals surface area contributed by atoms with Crippen LogP contribution in [0.4, 0.5) is 5.69 Å². The third-order valence-corrected chi connectivity index (χ3v) is 4.27. The van der Waals surface area contributed by atoms with Gasteiger partial charge in [0.1, 0.15) is 0 Å². The van der Waals surface area contributed by atoms with Gasteiger partial charge in [-0.1, -0.05) is 23.7 Å². The van der Waals surface area contributed by atoms with Gasteiger partial charge in [-0.15, -0.1) is 0 Å². The Bertz CT molecular complexity index is 974. The maximum absolute atomic E-state index is 12.5. The first-order chi connectivity index (χ1) is 13.0. The SMILES string of the molecule is Cc1ccc(Cl)cc1NC(=O)c1cccc(C(=O)NCc2ccncc2)c1. The Morgan fingerprint density at radius 1 is 0.963 bits per heavy atom. The van der Waals surface area contributed by atoms with Gasteiger partial charge in [-0.2, -0.15) is 0 Å². The van der Waals surface area contributed by atoms with E-state index < -0.39 is 0 Å². The van der Waals surface area contributed by atoms with Crippen molar-refractivity contribution < 1.29 is 9.59 Å². The van der Waals surface area contributed by atoms with E-state index in [1.807, 2.05) is 25.1 Å². The number of hydrogen-bond acceptors (Lipinski definition) is 3. The third kappa shape index (κ3) is 4.92. The van der Waals surface area contributed by atoms with Crippen LogP contribution in [0.1, 0.15) is 31.8 Å². The Kier molecular flexibility index (Phi) is 5.84. The van der Waals surface area contributed by atoms with E-state index in [0.717, 1.165) is 11.1 Å². The number of aromatic nitrogens is 1. The van der Waals surface area contributed by atoms with Gasteiger partial charge in [-0.05, 0) is 60.5 Å². The first-order valence-electron chi connectivity index (χ1n) is 8.37. The lowest BCUT2D eigenvalue weighted by atomic mass is 10.1. The van der Waals surface area contributed by atoms with E-state index in [1.54, 1.807) is 48.8 Å². The Morgan fingerprint density at radius 2 is 1.67 bits per heavy atom. The van der Waals surface area contributed by atoms with Crippen LogP contribution in [0.25, 0.3) is 0 Å². The third-order valence-electron chi connectivity index (χ3n) is 4.04. The van der Waals surface area contributed by atoms with E-state index in [2.05, 4.69) is 15.6 Å². The molecular formula is C21H18ClN3O2. The molecule has 2 aromatic carbocycles. The van der Waals surface area contributed by atoms with Crippen LogP contribution in [0, 0.1) is 6.92 Å². The molecule has 0 saturated heterocycles. The topological polar surface area (TPSA) is 71.1 Å². The van der Waals surface area contributed by atoms with E-state index >= 15 is 0 Å². The summed E-state index contributed by atoms with van der Waals surface area (Å²) in [6, 6.07) is 15.5. The normalized spacial score (nSPS) is 10.3. The summed E-state index contributed by atoms with van der Waals surface area (Å²) in [5.74, 6) is -0.551. The summed E-state index contributed by atoms with van der Waals surface area (Å²) < 4.78 is 0. The molecule has 1 aromatic heterocycles. The van der Waals surface area contributed by atoms with Gasteiger partial charge in [0.05, 0.1) is 0 Å². The highest BCUT2D eigenvalue weighted by Crippen LogP contribution is 2.21. The second-order valence-electron chi connectivity index (χ2n) is 6.03. The Balaban J connectivity index is 1.69. The van der Waals surface area contributed by atoms with Gasteiger partial charge in [0.25, 0.3) is 11.8 Å². The molecule has 0 atom stereocenters. The zero-order valence-corrected chi connectivity index (χ0v) is 15.5. The summed E-state index contributed by atoms with van der Waals surface area (Å²) in [5.41, 5.74) is 3.30. The number of amides is 2. The van der Waals surface area contributed by atoms with Gasteiger partial charge in [-0.3, -0.25) is 14.6 Å². The molecule has 3 aromatic rings. The molecular weight excluding hydrogens is 362 g/mol. The van der Waals surface area contributed by atoms with Crippen LogP contribution in [0.2, 0.25) is 5.02 Å². The number of pyridine rings is 1. The Hall–Kier alpha value is -3.18. The number of halogens is 1. The number of nitrogens with one attached hydrogen (secondary N) is 2. The second kappa shape index (κ2) is 8.47. The number of benzene rings is 2. The minimum absolute atomic E-state index is 0.250. The van der Waals surface area contributed by atoms with E-state index in [1.165, 1.54) is 0 Å². The molecule has 0 saturated carbocycles. The van der Waals surface area contributed by atoms with Gasteiger partial charge in [0, 0.05) is 40.8 Å². The van der Waals surface area contributed by atoms with Gasteiger partial charge < -0.3 is 10.6 Å². The number of aryl methyl sites for hydroxylation is 1.